The summed E-state index contributed by atoms with van der Waals surface area (Å²) in [7, 11) is 3.11. The molecule has 2 aromatic heterocycles. The van der Waals surface area contributed by atoms with Gasteiger partial charge in [0.25, 0.3) is 5.56 Å². The average molecular weight is 486 g/mol. The van der Waals surface area contributed by atoms with Crippen LogP contribution in [0, 0.1) is 0 Å². The second kappa shape index (κ2) is 9.97. The van der Waals surface area contributed by atoms with Gasteiger partial charge in [0.05, 0.1) is 36.9 Å². The molecule has 33 heavy (non-hydrogen) atoms. The number of rotatable bonds is 8. The molecule has 0 bridgehead atoms. The average Bonchev–Trinajstić information content (AvgIpc) is 3.31. The maximum atomic E-state index is 13.1. The molecule has 0 radical (unpaired) electrons. The Morgan fingerprint density at radius 1 is 1.18 bits per heavy atom. The molecule has 2 heterocycles. The van der Waals surface area contributed by atoms with Crippen molar-refractivity contribution in [2.24, 2.45) is 0 Å². The molecule has 170 valence electrons. The Labute approximate surface area is 198 Å². The molecule has 0 aliphatic rings. The molecule has 0 aliphatic heterocycles. The van der Waals surface area contributed by atoms with Gasteiger partial charge in [-0.25, -0.2) is 4.98 Å². The van der Waals surface area contributed by atoms with Crippen LogP contribution in [0.15, 0.2) is 58.6 Å². The van der Waals surface area contributed by atoms with Crippen molar-refractivity contribution in [3.63, 3.8) is 0 Å². The zero-order valence-corrected chi connectivity index (χ0v) is 19.4. The Balaban J connectivity index is 1.55. The summed E-state index contributed by atoms with van der Waals surface area (Å²) in [5.41, 5.74) is 1.46. The second-order valence-electron chi connectivity index (χ2n) is 6.90. The maximum Gasteiger partial charge on any atom is 0.269 e. The van der Waals surface area contributed by atoms with Crippen LogP contribution in [0.3, 0.4) is 0 Å². The Morgan fingerprint density at radius 3 is 2.67 bits per heavy atom. The number of methoxy groups -OCH3 is 2. The smallest absolute Gasteiger partial charge is 0.269 e. The van der Waals surface area contributed by atoms with Crippen LogP contribution >= 0.6 is 23.4 Å². The van der Waals surface area contributed by atoms with Gasteiger partial charge in [0, 0.05) is 6.54 Å². The minimum absolute atomic E-state index is 0.0616. The number of aromatic amines is 1. The van der Waals surface area contributed by atoms with Crippen molar-refractivity contribution in [2.45, 2.75) is 11.7 Å². The van der Waals surface area contributed by atoms with E-state index in [-0.39, 0.29) is 17.2 Å². The lowest BCUT2D eigenvalue weighted by molar-refractivity contribution is -0.118. The van der Waals surface area contributed by atoms with Crippen molar-refractivity contribution in [3.8, 4) is 17.2 Å². The van der Waals surface area contributed by atoms with E-state index in [4.69, 9.17) is 21.1 Å². The van der Waals surface area contributed by atoms with E-state index in [2.05, 4.69) is 20.5 Å². The molecule has 0 saturated heterocycles. The first-order chi connectivity index (χ1) is 16.0. The summed E-state index contributed by atoms with van der Waals surface area (Å²) in [5, 5.41) is 10.5. The van der Waals surface area contributed by atoms with E-state index in [1.54, 1.807) is 25.3 Å². The summed E-state index contributed by atoms with van der Waals surface area (Å²) >= 11 is 7.41. The monoisotopic (exact) mass is 485 g/mol. The molecule has 2 aromatic carbocycles. The molecule has 0 unspecified atom stereocenters. The number of hydrogen-bond donors (Lipinski definition) is 2. The minimum Gasteiger partial charge on any atom is -0.497 e. The number of carbonyl (C=O) groups excluding carboxylic acids is 1. The number of hydrogen-bond acceptors (Lipinski definition) is 7. The van der Waals surface area contributed by atoms with Gasteiger partial charge in [0.2, 0.25) is 5.91 Å². The second-order valence-corrected chi connectivity index (χ2v) is 8.25. The number of benzene rings is 2. The van der Waals surface area contributed by atoms with Crippen LogP contribution in [0.5, 0.6) is 11.5 Å². The Bertz CT molecular complexity index is 1350. The number of nitrogens with zero attached hydrogens (tertiary/aromatic N) is 3. The van der Waals surface area contributed by atoms with Gasteiger partial charge >= 0.3 is 0 Å². The van der Waals surface area contributed by atoms with Crippen LogP contribution in [0.25, 0.3) is 16.7 Å². The predicted molar refractivity (Wildman–Crippen MR) is 127 cm³/mol. The van der Waals surface area contributed by atoms with E-state index in [0.29, 0.717) is 39.2 Å². The van der Waals surface area contributed by atoms with Crippen LogP contribution in [0.4, 0.5) is 0 Å². The molecule has 2 N–H and O–H groups in total. The predicted octanol–water partition coefficient (Wildman–Crippen LogP) is 3.19. The number of H-pyrrole nitrogens is 1. The van der Waals surface area contributed by atoms with Gasteiger partial charge in [-0.2, -0.15) is 5.10 Å². The molecule has 4 aromatic rings. The van der Waals surface area contributed by atoms with Gasteiger partial charge < -0.3 is 14.8 Å². The summed E-state index contributed by atoms with van der Waals surface area (Å²) < 4.78 is 11.7. The number of ether oxygens (including phenoxy) is 2. The lowest BCUT2D eigenvalue weighted by Gasteiger charge is -2.13. The van der Waals surface area contributed by atoms with E-state index in [0.717, 1.165) is 23.1 Å². The van der Waals surface area contributed by atoms with Gasteiger partial charge in [-0.15, -0.1) is 0 Å². The first-order valence-electron chi connectivity index (χ1n) is 9.82. The summed E-state index contributed by atoms with van der Waals surface area (Å²) in [4.78, 5) is 30.1. The standard InChI is InChI=1S/C22H20ClN5O4S/c1-31-15-6-3-13(4-7-15)10-24-19(29)12-33-22-26-20-16(11-25-27-20)21(30)28(22)14-5-8-18(32-2)17(23)9-14/h3-9,11H,10,12H2,1-2H3,(H,24,29)(H,25,27). The van der Waals surface area contributed by atoms with Crippen molar-refractivity contribution in [1.29, 1.82) is 0 Å². The van der Waals surface area contributed by atoms with Crippen molar-refractivity contribution in [1.82, 2.24) is 25.1 Å². The summed E-state index contributed by atoms with van der Waals surface area (Å²) in [6.07, 6.45) is 1.42. The van der Waals surface area contributed by atoms with Crippen LogP contribution < -0.4 is 20.3 Å². The zero-order chi connectivity index (χ0) is 23.4. The molecule has 11 heteroatoms. The quantitative estimate of drug-likeness (QED) is 0.291. The fraction of sp³-hybridized carbons (Fsp3) is 0.182. The Morgan fingerprint density at radius 2 is 1.97 bits per heavy atom. The largest absolute Gasteiger partial charge is 0.497 e. The fourth-order valence-electron chi connectivity index (χ4n) is 3.12. The van der Waals surface area contributed by atoms with Crippen LogP contribution in [0.2, 0.25) is 5.02 Å². The highest BCUT2D eigenvalue weighted by molar-refractivity contribution is 7.99. The zero-order valence-electron chi connectivity index (χ0n) is 17.8. The van der Waals surface area contributed by atoms with Crippen molar-refractivity contribution in [3.05, 3.63) is 69.6 Å². The van der Waals surface area contributed by atoms with Gasteiger partial charge in [-0.3, -0.25) is 19.3 Å². The number of fused-ring (bicyclic) bond motifs is 1. The summed E-state index contributed by atoms with van der Waals surface area (Å²) in [5.74, 6) is 1.09. The Hall–Kier alpha value is -3.50. The molecule has 4 rings (SSSR count). The van der Waals surface area contributed by atoms with Crippen molar-refractivity contribution in [2.75, 3.05) is 20.0 Å². The Kier molecular flexibility index (Phi) is 6.85. The number of halogens is 1. The maximum absolute atomic E-state index is 13.1. The van der Waals surface area contributed by atoms with E-state index < -0.39 is 0 Å². The third-order valence-electron chi connectivity index (χ3n) is 4.83. The third-order valence-corrected chi connectivity index (χ3v) is 6.06. The van der Waals surface area contributed by atoms with E-state index in [1.165, 1.54) is 17.9 Å². The highest BCUT2D eigenvalue weighted by Gasteiger charge is 2.17. The molecule has 9 nitrogen and oxygen atoms in total. The molecule has 0 fully saturated rings. The highest BCUT2D eigenvalue weighted by Crippen LogP contribution is 2.28. The molecular formula is C22H20ClN5O4S. The highest BCUT2D eigenvalue weighted by atomic mass is 35.5. The molecular weight excluding hydrogens is 466 g/mol. The van der Waals surface area contributed by atoms with Gasteiger partial charge in [0.1, 0.15) is 16.9 Å². The van der Waals surface area contributed by atoms with Gasteiger partial charge in [-0.1, -0.05) is 35.5 Å². The van der Waals surface area contributed by atoms with Crippen LogP contribution in [-0.4, -0.2) is 45.6 Å². The van der Waals surface area contributed by atoms with Crippen LogP contribution in [0.1, 0.15) is 5.56 Å². The molecule has 0 aliphatic carbocycles. The third kappa shape index (κ3) is 4.96. The lowest BCUT2D eigenvalue weighted by Crippen LogP contribution is -2.26. The molecule has 0 saturated carbocycles. The van der Waals surface area contributed by atoms with Crippen LogP contribution in [-0.2, 0) is 11.3 Å². The number of amides is 1. The molecule has 0 spiro atoms. The number of aromatic nitrogens is 4. The first kappa shape index (κ1) is 22.7. The minimum atomic E-state index is -0.323. The van der Waals surface area contributed by atoms with Crippen molar-refractivity contribution >= 4 is 40.3 Å². The fourth-order valence-corrected chi connectivity index (χ4v) is 4.21. The number of thioether (sulfide) groups is 1. The van der Waals surface area contributed by atoms with E-state index in [1.807, 2.05) is 24.3 Å². The molecule has 1 amide bonds. The molecule has 0 atom stereocenters. The van der Waals surface area contributed by atoms with E-state index in [9.17, 15) is 9.59 Å². The number of nitrogens with one attached hydrogen (secondary N) is 2. The summed E-state index contributed by atoms with van der Waals surface area (Å²) in [6, 6.07) is 12.4. The summed E-state index contributed by atoms with van der Waals surface area (Å²) in [6.45, 7) is 0.372. The van der Waals surface area contributed by atoms with Crippen molar-refractivity contribution < 1.29 is 14.3 Å². The normalized spacial score (nSPS) is 10.9. The first-order valence-corrected chi connectivity index (χ1v) is 11.2. The van der Waals surface area contributed by atoms with Gasteiger partial charge in [-0.05, 0) is 35.9 Å². The SMILES string of the molecule is COc1ccc(CNC(=O)CSc2nc3[nH]ncc3c(=O)n2-c2ccc(OC)c(Cl)c2)cc1. The number of carbonyl (C=O) groups is 1. The topological polar surface area (TPSA) is 111 Å². The van der Waals surface area contributed by atoms with E-state index >= 15 is 0 Å². The lowest BCUT2D eigenvalue weighted by atomic mass is 10.2. The van der Waals surface area contributed by atoms with Gasteiger partial charge in [0.15, 0.2) is 10.8 Å².